The van der Waals surface area contributed by atoms with E-state index in [1.54, 1.807) is 6.07 Å². The molecule has 0 saturated heterocycles. The summed E-state index contributed by atoms with van der Waals surface area (Å²) >= 11 is 0. The summed E-state index contributed by atoms with van der Waals surface area (Å²) in [4.78, 5) is -0.304. The largest absolute Gasteiger partial charge is 0.416 e. The first-order valence-corrected chi connectivity index (χ1v) is 10.3. The molecule has 0 atom stereocenters. The molecule has 0 radical (unpaired) electrons. The van der Waals surface area contributed by atoms with Crippen LogP contribution in [-0.2, 0) is 22.2 Å². The Morgan fingerprint density at radius 3 is 1.52 bits per heavy atom. The molecule has 3 aromatic rings. The van der Waals surface area contributed by atoms with Crippen LogP contribution >= 0.6 is 0 Å². The Bertz CT molecular complexity index is 1280. The van der Waals surface area contributed by atoms with E-state index in [0.29, 0.717) is 0 Å². The van der Waals surface area contributed by atoms with Crippen molar-refractivity contribution in [3.05, 3.63) is 101 Å². The maximum atomic E-state index is 13.2. The number of alkyl halides is 6. The van der Waals surface area contributed by atoms with E-state index in [4.69, 9.17) is 0 Å². The van der Waals surface area contributed by atoms with Gasteiger partial charge in [-0.15, -0.1) is 0 Å². The van der Waals surface area contributed by atoms with E-state index in [0.717, 1.165) is 48.5 Å². The van der Waals surface area contributed by atoms with Gasteiger partial charge in [-0.2, -0.15) is 26.3 Å². The van der Waals surface area contributed by atoms with Crippen molar-refractivity contribution in [3.63, 3.8) is 0 Å². The SMILES string of the molecule is O=S1(=O)C(c2ccc(C(F)(F)F)cc2)=C(c2ccc(C(F)(F)F)cc2)c2ccccc21. The molecule has 0 spiro atoms. The van der Waals surface area contributed by atoms with Crippen LogP contribution in [0.1, 0.15) is 27.8 Å². The fourth-order valence-electron chi connectivity index (χ4n) is 3.50. The third kappa shape index (κ3) is 3.63. The predicted molar refractivity (Wildman–Crippen MR) is 102 cm³/mol. The van der Waals surface area contributed by atoms with E-state index >= 15 is 0 Å². The van der Waals surface area contributed by atoms with Crippen molar-refractivity contribution in [2.45, 2.75) is 17.2 Å². The van der Waals surface area contributed by atoms with E-state index in [1.165, 1.54) is 18.2 Å². The monoisotopic (exact) mass is 454 g/mol. The van der Waals surface area contributed by atoms with Crippen LogP contribution in [0.2, 0.25) is 0 Å². The van der Waals surface area contributed by atoms with Gasteiger partial charge in [0.25, 0.3) is 0 Å². The minimum absolute atomic E-state index is 0.0131. The maximum absolute atomic E-state index is 13.2. The molecule has 9 heteroatoms. The second kappa shape index (κ2) is 6.98. The Labute approximate surface area is 173 Å². The highest BCUT2D eigenvalue weighted by Gasteiger charge is 2.38. The Kier molecular flexibility index (Phi) is 4.77. The molecular weight excluding hydrogens is 442 g/mol. The Morgan fingerprint density at radius 1 is 0.581 bits per heavy atom. The summed E-state index contributed by atoms with van der Waals surface area (Å²) in [6.07, 6.45) is -9.16. The van der Waals surface area contributed by atoms with Crippen LogP contribution in [0.25, 0.3) is 10.5 Å². The Balaban J connectivity index is 1.96. The number of halogens is 6. The lowest BCUT2D eigenvalue weighted by molar-refractivity contribution is -0.138. The molecular formula is C22H12F6O2S. The summed E-state index contributed by atoms with van der Waals surface area (Å²) in [5.74, 6) is 0. The zero-order valence-corrected chi connectivity index (χ0v) is 16.2. The molecule has 0 amide bonds. The van der Waals surface area contributed by atoms with Crippen molar-refractivity contribution in [2.24, 2.45) is 0 Å². The molecule has 2 nitrogen and oxygen atoms in total. The molecule has 1 aliphatic heterocycles. The zero-order valence-electron chi connectivity index (χ0n) is 15.4. The average molecular weight is 454 g/mol. The number of fused-ring (bicyclic) bond motifs is 1. The fourth-order valence-corrected chi connectivity index (χ4v) is 5.38. The van der Waals surface area contributed by atoms with Crippen molar-refractivity contribution in [3.8, 4) is 0 Å². The smallest absolute Gasteiger partial charge is 0.218 e. The molecule has 160 valence electrons. The van der Waals surface area contributed by atoms with Crippen LogP contribution in [0, 0.1) is 0 Å². The first-order valence-electron chi connectivity index (χ1n) is 8.85. The van der Waals surface area contributed by atoms with Crippen LogP contribution in [0.3, 0.4) is 0 Å². The summed E-state index contributed by atoms with van der Waals surface area (Å²) < 4.78 is 104. The molecule has 0 unspecified atom stereocenters. The van der Waals surface area contributed by atoms with Gasteiger partial charge in [-0.3, -0.25) is 0 Å². The number of hydrogen-bond donors (Lipinski definition) is 0. The molecule has 0 bridgehead atoms. The number of sulfone groups is 1. The molecule has 1 aliphatic rings. The van der Waals surface area contributed by atoms with E-state index in [2.05, 4.69) is 0 Å². The highest BCUT2D eigenvalue weighted by atomic mass is 32.2. The minimum Gasteiger partial charge on any atom is -0.218 e. The third-order valence-electron chi connectivity index (χ3n) is 4.92. The summed E-state index contributed by atoms with van der Waals surface area (Å²) in [6, 6.07) is 13.5. The van der Waals surface area contributed by atoms with E-state index in [1.807, 2.05) is 0 Å². The van der Waals surface area contributed by atoms with Gasteiger partial charge < -0.3 is 0 Å². The molecule has 3 aromatic carbocycles. The number of benzene rings is 3. The lowest BCUT2D eigenvalue weighted by atomic mass is 9.94. The second-order valence-electron chi connectivity index (χ2n) is 6.85. The van der Waals surface area contributed by atoms with Gasteiger partial charge in [-0.1, -0.05) is 42.5 Å². The average Bonchev–Trinajstić information content (AvgIpc) is 2.94. The van der Waals surface area contributed by atoms with Gasteiger partial charge in [0.2, 0.25) is 9.84 Å². The maximum Gasteiger partial charge on any atom is 0.416 e. The van der Waals surface area contributed by atoms with Gasteiger partial charge in [0, 0.05) is 11.1 Å². The number of hydrogen-bond acceptors (Lipinski definition) is 2. The first kappa shape index (κ1) is 21.2. The lowest BCUT2D eigenvalue weighted by Crippen LogP contribution is -2.06. The van der Waals surface area contributed by atoms with Crippen molar-refractivity contribution in [2.75, 3.05) is 0 Å². The summed E-state index contributed by atoms with van der Waals surface area (Å²) in [7, 11) is -4.11. The van der Waals surface area contributed by atoms with Gasteiger partial charge in [0.15, 0.2) is 0 Å². The third-order valence-corrected chi connectivity index (χ3v) is 6.83. The molecule has 4 rings (SSSR count). The van der Waals surface area contributed by atoms with Crippen molar-refractivity contribution < 1.29 is 34.8 Å². The quantitative estimate of drug-likeness (QED) is 0.419. The van der Waals surface area contributed by atoms with Gasteiger partial charge in [-0.05, 0) is 41.5 Å². The molecule has 0 aliphatic carbocycles. The highest BCUT2D eigenvalue weighted by Crippen LogP contribution is 2.47. The van der Waals surface area contributed by atoms with Crippen LogP contribution < -0.4 is 0 Å². The van der Waals surface area contributed by atoms with E-state index in [9.17, 15) is 34.8 Å². The van der Waals surface area contributed by atoms with Gasteiger partial charge in [0.1, 0.15) is 0 Å². The summed E-state index contributed by atoms with van der Waals surface area (Å²) in [5.41, 5.74) is -1.21. The van der Waals surface area contributed by atoms with Crippen LogP contribution in [-0.4, -0.2) is 8.42 Å². The Morgan fingerprint density at radius 2 is 1.03 bits per heavy atom. The van der Waals surface area contributed by atoms with Crippen molar-refractivity contribution >= 4 is 20.3 Å². The number of rotatable bonds is 2. The standard InChI is InChI=1S/C22H12F6O2S/c23-21(24,25)15-9-5-13(6-10-15)19-17-3-1-2-4-18(17)31(29,30)20(19)14-7-11-16(12-8-14)22(26,27)28/h1-12H. The summed E-state index contributed by atoms with van der Waals surface area (Å²) in [5, 5.41) is 0. The molecule has 0 aromatic heterocycles. The molecule has 0 saturated carbocycles. The highest BCUT2D eigenvalue weighted by molar-refractivity contribution is 8.01. The topological polar surface area (TPSA) is 34.1 Å². The van der Waals surface area contributed by atoms with E-state index in [-0.39, 0.29) is 32.1 Å². The Hall–Kier alpha value is -3.07. The van der Waals surface area contributed by atoms with Crippen molar-refractivity contribution in [1.29, 1.82) is 0 Å². The van der Waals surface area contributed by atoms with Crippen LogP contribution in [0.15, 0.2) is 77.7 Å². The fraction of sp³-hybridized carbons (Fsp3) is 0.0909. The molecule has 1 heterocycles. The zero-order chi connectivity index (χ0) is 22.6. The van der Waals surface area contributed by atoms with Gasteiger partial charge >= 0.3 is 12.4 Å². The minimum atomic E-state index is -4.60. The van der Waals surface area contributed by atoms with E-state index < -0.39 is 33.3 Å². The lowest BCUT2D eigenvalue weighted by Gasteiger charge is -2.12. The molecule has 31 heavy (non-hydrogen) atoms. The predicted octanol–water partition coefficient (Wildman–Crippen LogP) is 6.43. The van der Waals surface area contributed by atoms with Crippen LogP contribution in [0.5, 0.6) is 0 Å². The van der Waals surface area contributed by atoms with Crippen molar-refractivity contribution in [1.82, 2.24) is 0 Å². The second-order valence-corrected chi connectivity index (χ2v) is 8.71. The molecule has 0 N–H and O–H groups in total. The van der Waals surface area contributed by atoms with Crippen LogP contribution in [0.4, 0.5) is 26.3 Å². The van der Waals surface area contributed by atoms with Gasteiger partial charge in [0.05, 0.1) is 20.9 Å². The molecule has 0 fully saturated rings. The summed E-state index contributed by atoms with van der Waals surface area (Å²) in [6.45, 7) is 0. The van der Waals surface area contributed by atoms with Gasteiger partial charge in [-0.25, -0.2) is 8.42 Å². The first-order chi connectivity index (χ1) is 14.4. The normalized spacial score (nSPS) is 15.8.